The van der Waals surface area contributed by atoms with Crippen LogP contribution in [0.2, 0.25) is 0 Å². The lowest BCUT2D eigenvalue weighted by Crippen LogP contribution is -2.19. The fourth-order valence-corrected chi connectivity index (χ4v) is 3.17. The maximum atomic E-state index is 12.3. The highest BCUT2D eigenvalue weighted by Crippen LogP contribution is 2.32. The van der Waals surface area contributed by atoms with E-state index < -0.39 is 0 Å². The zero-order valence-corrected chi connectivity index (χ0v) is 13.2. The van der Waals surface area contributed by atoms with E-state index in [2.05, 4.69) is 29.2 Å². The minimum atomic E-state index is -0.297. The minimum Gasteiger partial charge on any atom is -0.458 e. The predicted octanol–water partition coefficient (Wildman–Crippen LogP) is 3.76. The quantitative estimate of drug-likeness (QED) is 0.640. The van der Waals surface area contributed by atoms with Crippen molar-refractivity contribution in [3.63, 3.8) is 0 Å². The van der Waals surface area contributed by atoms with Crippen molar-refractivity contribution >= 4 is 5.97 Å². The number of carbonyl (C=O) groups is 1. The molecule has 0 aliphatic heterocycles. The predicted molar refractivity (Wildman–Crippen MR) is 84.9 cm³/mol. The summed E-state index contributed by atoms with van der Waals surface area (Å²) in [4.78, 5) is 16.5. The van der Waals surface area contributed by atoms with Gasteiger partial charge in [-0.15, -0.1) is 0 Å². The van der Waals surface area contributed by atoms with Crippen molar-refractivity contribution in [2.75, 3.05) is 0 Å². The molecule has 0 spiro atoms. The molecule has 1 aliphatic rings. The van der Waals surface area contributed by atoms with Crippen LogP contribution in [-0.4, -0.2) is 21.6 Å². The number of benzene rings is 1. The zero-order valence-electron chi connectivity index (χ0n) is 13.2. The molecule has 2 aromatic rings. The fraction of sp³-hybridized carbons (Fsp3) is 0.444. The number of rotatable bonds is 3. The molecule has 0 fully saturated rings. The van der Waals surface area contributed by atoms with E-state index in [1.165, 1.54) is 17.5 Å². The average molecular weight is 298 g/mol. The highest BCUT2D eigenvalue weighted by Gasteiger charge is 2.24. The molecule has 1 aliphatic carbocycles. The average Bonchev–Trinajstić information content (AvgIpc) is 2.87. The number of imidazole rings is 1. The second-order valence-corrected chi connectivity index (χ2v) is 6.10. The molecule has 0 saturated heterocycles. The van der Waals surface area contributed by atoms with Gasteiger partial charge in [-0.05, 0) is 44.2 Å². The van der Waals surface area contributed by atoms with Gasteiger partial charge in [0.1, 0.15) is 5.69 Å². The Labute approximate surface area is 131 Å². The Hall–Kier alpha value is -2.10. The van der Waals surface area contributed by atoms with Crippen LogP contribution in [0.3, 0.4) is 0 Å². The summed E-state index contributed by atoms with van der Waals surface area (Å²) in [7, 11) is 0. The lowest BCUT2D eigenvalue weighted by molar-refractivity contribution is 0.0363. The highest BCUT2D eigenvalue weighted by molar-refractivity contribution is 5.87. The topological polar surface area (TPSA) is 44.1 Å². The Morgan fingerprint density at radius 3 is 2.95 bits per heavy atom. The molecule has 1 aromatic heterocycles. The van der Waals surface area contributed by atoms with Crippen molar-refractivity contribution in [2.45, 2.75) is 51.7 Å². The van der Waals surface area contributed by atoms with Crippen LogP contribution in [-0.2, 0) is 11.2 Å². The molecular weight excluding hydrogens is 276 g/mol. The van der Waals surface area contributed by atoms with Crippen molar-refractivity contribution in [3.8, 4) is 0 Å². The fourth-order valence-electron chi connectivity index (χ4n) is 3.17. The SMILES string of the molecule is CC(C)OC(=O)c1cncn1C1CCCCc2ccccc21. The lowest BCUT2D eigenvalue weighted by atomic mass is 9.99. The third-order valence-electron chi connectivity index (χ3n) is 4.14. The highest BCUT2D eigenvalue weighted by atomic mass is 16.5. The first-order valence-corrected chi connectivity index (χ1v) is 7.97. The van der Waals surface area contributed by atoms with Crippen LogP contribution in [0.5, 0.6) is 0 Å². The van der Waals surface area contributed by atoms with Crippen molar-refractivity contribution in [3.05, 3.63) is 53.6 Å². The summed E-state index contributed by atoms with van der Waals surface area (Å²) in [5, 5.41) is 0. The number of carbonyl (C=O) groups excluding carboxylic acids is 1. The van der Waals surface area contributed by atoms with E-state index in [0.29, 0.717) is 5.69 Å². The summed E-state index contributed by atoms with van der Waals surface area (Å²) >= 11 is 0. The summed E-state index contributed by atoms with van der Waals surface area (Å²) in [5.74, 6) is -0.297. The molecule has 4 heteroatoms. The van der Waals surface area contributed by atoms with Gasteiger partial charge in [0.25, 0.3) is 0 Å². The molecule has 4 nitrogen and oxygen atoms in total. The molecule has 1 unspecified atom stereocenters. The Kier molecular flexibility index (Phi) is 4.27. The van der Waals surface area contributed by atoms with Crippen LogP contribution < -0.4 is 0 Å². The Balaban J connectivity index is 1.98. The molecule has 1 heterocycles. The van der Waals surface area contributed by atoms with E-state index >= 15 is 0 Å². The molecule has 0 radical (unpaired) electrons. The molecule has 116 valence electrons. The first-order chi connectivity index (χ1) is 10.7. The second-order valence-electron chi connectivity index (χ2n) is 6.10. The van der Waals surface area contributed by atoms with Gasteiger partial charge in [-0.25, -0.2) is 9.78 Å². The maximum absolute atomic E-state index is 12.3. The third-order valence-corrected chi connectivity index (χ3v) is 4.14. The molecule has 0 N–H and O–H groups in total. The van der Waals surface area contributed by atoms with Crippen LogP contribution >= 0.6 is 0 Å². The van der Waals surface area contributed by atoms with Gasteiger partial charge in [0.2, 0.25) is 0 Å². The molecule has 3 rings (SSSR count). The second kappa shape index (κ2) is 6.34. The van der Waals surface area contributed by atoms with Crippen LogP contribution in [0.1, 0.15) is 60.8 Å². The molecule has 1 aromatic carbocycles. The number of fused-ring (bicyclic) bond motifs is 1. The monoisotopic (exact) mass is 298 g/mol. The van der Waals surface area contributed by atoms with Crippen LogP contribution in [0.15, 0.2) is 36.8 Å². The number of aryl methyl sites for hydroxylation is 1. The van der Waals surface area contributed by atoms with E-state index in [4.69, 9.17) is 4.74 Å². The standard InChI is InChI=1S/C18H22N2O2/c1-13(2)22-18(21)17-11-19-12-20(17)16-10-6-4-8-14-7-3-5-9-15(14)16/h3,5,7,9,11-13,16H,4,6,8,10H2,1-2H3. The van der Waals surface area contributed by atoms with E-state index in [-0.39, 0.29) is 18.1 Å². The lowest BCUT2D eigenvalue weighted by Gasteiger charge is -2.21. The summed E-state index contributed by atoms with van der Waals surface area (Å²) in [6.07, 6.45) is 7.70. The first kappa shape index (κ1) is 14.8. The van der Waals surface area contributed by atoms with Crippen LogP contribution in [0, 0.1) is 0 Å². The largest absolute Gasteiger partial charge is 0.458 e. The first-order valence-electron chi connectivity index (χ1n) is 7.97. The molecule has 0 amide bonds. The summed E-state index contributed by atoms with van der Waals surface area (Å²) in [6.45, 7) is 3.72. The van der Waals surface area contributed by atoms with E-state index in [1.54, 1.807) is 12.5 Å². The molecular formula is C18H22N2O2. The van der Waals surface area contributed by atoms with E-state index in [9.17, 15) is 4.79 Å². The van der Waals surface area contributed by atoms with Gasteiger partial charge in [-0.2, -0.15) is 0 Å². The number of hydrogen-bond donors (Lipinski definition) is 0. The number of aromatic nitrogens is 2. The van der Waals surface area contributed by atoms with Gasteiger partial charge >= 0.3 is 5.97 Å². The Morgan fingerprint density at radius 1 is 1.32 bits per heavy atom. The summed E-state index contributed by atoms with van der Waals surface area (Å²) in [5.41, 5.74) is 3.22. The molecule has 0 bridgehead atoms. The van der Waals surface area contributed by atoms with Crippen LogP contribution in [0.25, 0.3) is 0 Å². The van der Waals surface area contributed by atoms with Crippen molar-refractivity contribution in [2.24, 2.45) is 0 Å². The molecule has 22 heavy (non-hydrogen) atoms. The van der Waals surface area contributed by atoms with Crippen molar-refractivity contribution < 1.29 is 9.53 Å². The number of nitrogens with zero attached hydrogens (tertiary/aromatic N) is 2. The normalized spacial score (nSPS) is 17.9. The van der Waals surface area contributed by atoms with Gasteiger partial charge in [-0.3, -0.25) is 0 Å². The summed E-state index contributed by atoms with van der Waals surface area (Å²) in [6, 6.07) is 8.68. The Bertz CT molecular complexity index is 661. The van der Waals surface area contributed by atoms with Crippen molar-refractivity contribution in [1.29, 1.82) is 0 Å². The van der Waals surface area contributed by atoms with Gasteiger partial charge in [-0.1, -0.05) is 30.7 Å². The number of ether oxygens (including phenoxy) is 1. The minimum absolute atomic E-state index is 0.128. The Morgan fingerprint density at radius 2 is 2.14 bits per heavy atom. The maximum Gasteiger partial charge on any atom is 0.356 e. The molecule has 1 atom stereocenters. The smallest absolute Gasteiger partial charge is 0.356 e. The summed E-state index contributed by atoms with van der Waals surface area (Å²) < 4.78 is 7.33. The molecule has 0 saturated carbocycles. The van der Waals surface area contributed by atoms with Gasteiger partial charge in [0, 0.05) is 0 Å². The van der Waals surface area contributed by atoms with E-state index in [0.717, 1.165) is 19.3 Å². The van der Waals surface area contributed by atoms with Gasteiger partial charge < -0.3 is 9.30 Å². The number of esters is 1. The third kappa shape index (κ3) is 2.91. The van der Waals surface area contributed by atoms with Gasteiger partial charge in [0.05, 0.1) is 24.7 Å². The van der Waals surface area contributed by atoms with Gasteiger partial charge in [0.15, 0.2) is 0 Å². The van der Waals surface area contributed by atoms with E-state index in [1.807, 2.05) is 18.4 Å². The van der Waals surface area contributed by atoms with Crippen molar-refractivity contribution in [1.82, 2.24) is 9.55 Å². The number of hydrogen-bond acceptors (Lipinski definition) is 3. The zero-order chi connectivity index (χ0) is 15.5. The van der Waals surface area contributed by atoms with Crippen LogP contribution in [0.4, 0.5) is 0 Å².